The lowest BCUT2D eigenvalue weighted by Gasteiger charge is -2.33. The van der Waals surface area contributed by atoms with E-state index in [0.717, 1.165) is 31.6 Å². The summed E-state index contributed by atoms with van der Waals surface area (Å²) in [6, 6.07) is 8.74. The van der Waals surface area contributed by atoms with Crippen LogP contribution >= 0.6 is 0 Å². The van der Waals surface area contributed by atoms with Gasteiger partial charge in [-0.25, -0.2) is 4.98 Å². The minimum Gasteiger partial charge on any atom is -0.350 e. The Kier molecular flexibility index (Phi) is 5.73. The molecular weight excluding hydrogens is 428 g/mol. The monoisotopic (exact) mass is 460 g/mol. The van der Waals surface area contributed by atoms with Crippen LogP contribution in [0.15, 0.2) is 36.7 Å². The highest BCUT2D eigenvalue weighted by Crippen LogP contribution is 2.35. The molecule has 34 heavy (non-hydrogen) atoms. The number of carbonyl (C=O) groups excluding carboxylic acids is 1. The smallest absolute Gasteiger partial charge is 0.256 e. The van der Waals surface area contributed by atoms with Crippen LogP contribution < -0.4 is 21.3 Å². The first-order chi connectivity index (χ1) is 16.3. The lowest BCUT2D eigenvalue weighted by atomic mass is 9.79. The van der Waals surface area contributed by atoms with E-state index < -0.39 is 0 Å². The third-order valence-electron chi connectivity index (χ3n) is 6.20. The van der Waals surface area contributed by atoms with Crippen molar-refractivity contribution in [2.75, 3.05) is 17.2 Å². The molecule has 0 radical (unpaired) electrons. The maximum absolute atomic E-state index is 12.8. The molecule has 1 aliphatic heterocycles. The molecular formula is C25H32N8O. The third-order valence-corrected chi connectivity index (χ3v) is 6.20. The molecule has 178 valence electrons. The van der Waals surface area contributed by atoms with Crippen molar-refractivity contribution in [2.24, 2.45) is 0 Å². The van der Waals surface area contributed by atoms with Gasteiger partial charge in [0.1, 0.15) is 11.4 Å². The van der Waals surface area contributed by atoms with Crippen molar-refractivity contribution in [3.05, 3.63) is 53.3 Å². The number of nitrogens with zero attached hydrogens (tertiary/aromatic N) is 4. The molecule has 1 fully saturated rings. The van der Waals surface area contributed by atoms with Gasteiger partial charge < -0.3 is 21.3 Å². The molecule has 0 saturated heterocycles. The van der Waals surface area contributed by atoms with Crippen LogP contribution in [0.5, 0.6) is 0 Å². The van der Waals surface area contributed by atoms with Gasteiger partial charge in [0.2, 0.25) is 5.95 Å². The van der Waals surface area contributed by atoms with Gasteiger partial charge in [0.15, 0.2) is 5.82 Å². The summed E-state index contributed by atoms with van der Waals surface area (Å²) in [5.41, 5.74) is 3.98. The zero-order chi connectivity index (χ0) is 23.9. The number of rotatable bonds is 7. The number of nitrogens with one attached hydrogen (secondary N) is 4. The van der Waals surface area contributed by atoms with Crippen LogP contribution in [0.3, 0.4) is 0 Å². The maximum atomic E-state index is 12.8. The molecule has 1 saturated carbocycles. The molecule has 1 aliphatic carbocycles. The summed E-state index contributed by atoms with van der Waals surface area (Å²) in [6.45, 7) is 10.1. The summed E-state index contributed by atoms with van der Waals surface area (Å²) in [5.74, 6) is 1.25. The van der Waals surface area contributed by atoms with Gasteiger partial charge in [-0.2, -0.15) is 10.1 Å². The standard InChI is InChI=1S/C25H32N8O/c1-15(2)28-23(34)19-13-27-24(31-22(19)30-21-9-10-33(32-21)18-6-7-18)29-17-5-8-20-16(11-17)12-26-14-25(20,3)4/h5,8-11,13,15,18,26H,6-7,12,14H2,1-4H3,(H,28,34)(H2,27,29,30,31,32). The first-order valence-corrected chi connectivity index (χ1v) is 11.9. The minimum absolute atomic E-state index is 0.000539. The Morgan fingerprint density at radius 3 is 2.79 bits per heavy atom. The highest BCUT2D eigenvalue weighted by Gasteiger charge is 2.27. The quantitative estimate of drug-likeness (QED) is 0.422. The number of aromatic nitrogens is 4. The second-order valence-electron chi connectivity index (χ2n) is 10.1. The fourth-order valence-electron chi connectivity index (χ4n) is 4.32. The van der Waals surface area contributed by atoms with Crippen LogP contribution in [0, 0.1) is 0 Å². The van der Waals surface area contributed by atoms with E-state index in [0.29, 0.717) is 29.2 Å². The van der Waals surface area contributed by atoms with E-state index in [1.165, 1.54) is 11.1 Å². The predicted octanol–water partition coefficient (Wildman–Crippen LogP) is 4.01. The van der Waals surface area contributed by atoms with Gasteiger partial charge in [0, 0.05) is 48.7 Å². The van der Waals surface area contributed by atoms with Gasteiger partial charge in [-0.05, 0) is 49.9 Å². The largest absolute Gasteiger partial charge is 0.350 e. The van der Waals surface area contributed by atoms with Crippen LogP contribution in [-0.4, -0.2) is 38.2 Å². The van der Waals surface area contributed by atoms with Gasteiger partial charge in [0.05, 0.1) is 6.04 Å². The van der Waals surface area contributed by atoms with E-state index in [4.69, 9.17) is 0 Å². The Labute approximate surface area is 199 Å². The Morgan fingerprint density at radius 1 is 1.21 bits per heavy atom. The minimum atomic E-state index is -0.229. The SMILES string of the molecule is CC(C)NC(=O)c1cnc(Nc2ccc3c(c2)CNCC3(C)C)nc1Nc1ccn(C2CC2)n1. The highest BCUT2D eigenvalue weighted by molar-refractivity contribution is 5.99. The Balaban J connectivity index is 1.42. The zero-order valence-electron chi connectivity index (χ0n) is 20.1. The van der Waals surface area contributed by atoms with E-state index in [1.54, 1.807) is 6.20 Å². The van der Waals surface area contributed by atoms with Crippen LogP contribution in [0.25, 0.3) is 0 Å². The van der Waals surface area contributed by atoms with Crippen LogP contribution in [0.1, 0.15) is 68.1 Å². The summed E-state index contributed by atoms with van der Waals surface area (Å²) in [4.78, 5) is 21.9. The van der Waals surface area contributed by atoms with Crippen LogP contribution in [-0.2, 0) is 12.0 Å². The Morgan fingerprint density at radius 2 is 2.03 bits per heavy atom. The molecule has 0 atom stereocenters. The molecule has 1 aromatic carbocycles. The first-order valence-electron chi connectivity index (χ1n) is 11.9. The molecule has 9 heteroatoms. The number of anilines is 4. The average Bonchev–Trinajstić information content (AvgIpc) is 3.52. The normalized spacial score (nSPS) is 16.7. The Hall–Kier alpha value is -3.46. The van der Waals surface area contributed by atoms with Gasteiger partial charge in [-0.15, -0.1) is 0 Å². The molecule has 0 spiro atoms. The number of carbonyl (C=O) groups is 1. The van der Waals surface area contributed by atoms with Crippen molar-refractivity contribution >= 4 is 29.2 Å². The van der Waals surface area contributed by atoms with Crippen LogP contribution in [0.4, 0.5) is 23.3 Å². The lowest BCUT2D eigenvalue weighted by molar-refractivity contribution is 0.0943. The Bertz CT molecular complexity index is 1210. The van der Waals surface area contributed by atoms with Crippen molar-refractivity contribution in [3.8, 4) is 0 Å². The highest BCUT2D eigenvalue weighted by atomic mass is 16.1. The molecule has 3 aromatic rings. The number of hydrogen-bond donors (Lipinski definition) is 4. The second kappa shape index (κ2) is 8.72. The average molecular weight is 461 g/mol. The van der Waals surface area contributed by atoms with E-state index in [9.17, 15) is 4.79 Å². The fourth-order valence-corrected chi connectivity index (χ4v) is 4.32. The van der Waals surface area contributed by atoms with Gasteiger partial charge >= 0.3 is 0 Å². The molecule has 3 heterocycles. The molecule has 1 amide bonds. The van der Waals surface area contributed by atoms with Gasteiger partial charge in [0.25, 0.3) is 5.91 Å². The predicted molar refractivity (Wildman–Crippen MR) is 133 cm³/mol. The third kappa shape index (κ3) is 4.75. The van der Waals surface area contributed by atoms with Gasteiger partial charge in [-0.1, -0.05) is 19.9 Å². The summed E-state index contributed by atoms with van der Waals surface area (Å²) < 4.78 is 1.96. The lowest BCUT2D eigenvalue weighted by Crippen LogP contribution is -2.38. The molecule has 4 N–H and O–H groups in total. The maximum Gasteiger partial charge on any atom is 0.256 e. The van der Waals surface area contributed by atoms with Crippen molar-refractivity contribution < 1.29 is 4.79 Å². The van der Waals surface area contributed by atoms with E-state index in [-0.39, 0.29) is 17.4 Å². The second-order valence-corrected chi connectivity index (χ2v) is 10.1. The summed E-state index contributed by atoms with van der Waals surface area (Å²) in [5, 5.41) is 17.5. The van der Waals surface area contributed by atoms with Crippen molar-refractivity contribution in [2.45, 2.75) is 64.6 Å². The first kappa shape index (κ1) is 22.3. The zero-order valence-corrected chi connectivity index (χ0v) is 20.1. The van der Waals surface area contributed by atoms with Crippen LogP contribution in [0.2, 0.25) is 0 Å². The van der Waals surface area contributed by atoms with E-state index in [1.807, 2.05) is 30.8 Å². The number of hydrogen-bond acceptors (Lipinski definition) is 7. The van der Waals surface area contributed by atoms with Crippen molar-refractivity contribution in [1.29, 1.82) is 0 Å². The molecule has 2 aromatic heterocycles. The fraction of sp³-hybridized carbons (Fsp3) is 0.440. The number of benzene rings is 1. The topological polar surface area (TPSA) is 109 Å². The summed E-state index contributed by atoms with van der Waals surface area (Å²) >= 11 is 0. The molecule has 0 unspecified atom stereocenters. The summed E-state index contributed by atoms with van der Waals surface area (Å²) in [7, 11) is 0. The molecule has 5 rings (SSSR count). The van der Waals surface area contributed by atoms with E-state index >= 15 is 0 Å². The molecule has 0 bridgehead atoms. The van der Waals surface area contributed by atoms with Gasteiger partial charge in [-0.3, -0.25) is 9.48 Å². The molecule has 9 nitrogen and oxygen atoms in total. The number of fused-ring (bicyclic) bond motifs is 1. The summed E-state index contributed by atoms with van der Waals surface area (Å²) in [6.07, 6.45) is 5.81. The number of amides is 1. The van der Waals surface area contributed by atoms with E-state index in [2.05, 4.69) is 68.4 Å². The van der Waals surface area contributed by atoms with Crippen molar-refractivity contribution in [3.63, 3.8) is 0 Å². The molecule has 2 aliphatic rings. The van der Waals surface area contributed by atoms with Crippen molar-refractivity contribution in [1.82, 2.24) is 30.4 Å².